The summed E-state index contributed by atoms with van der Waals surface area (Å²) in [6, 6.07) is 3.25. The first kappa shape index (κ1) is 23.7. The van der Waals surface area contributed by atoms with E-state index in [2.05, 4.69) is 10.6 Å². The molecule has 6 unspecified atom stereocenters. The summed E-state index contributed by atoms with van der Waals surface area (Å²) < 4.78 is 0. The van der Waals surface area contributed by atoms with Gasteiger partial charge in [0.15, 0.2) is 6.71 Å². The first-order chi connectivity index (χ1) is 15.9. The van der Waals surface area contributed by atoms with Crippen LogP contribution in [0.5, 0.6) is 0 Å². The first-order valence-corrected chi connectivity index (χ1v) is 15.4. The fourth-order valence-electron chi connectivity index (χ4n) is 9.18. The second kappa shape index (κ2) is 12.1. The molecule has 0 radical (unpaired) electrons. The van der Waals surface area contributed by atoms with E-state index in [9.17, 15) is 0 Å². The summed E-state index contributed by atoms with van der Waals surface area (Å²) in [4.78, 5) is 0. The highest BCUT2D eigenvalue weighted by Crippen LogP contribution is 2.52. The number of nitrogens with one attached hydrogen (secondary N) is 2. The maximum absolute atomic E-state index is 4.41. The van der Waals surface area contributed by atoms with Gasteiger partial charge in [-0.3, -0.25) is 0 Å². The summed E-state index contributed by atoms with van der Waals surface area (Å²) >= 11 is 0. The van der Waals surface area contributed by atoms with Gasteiger partial charge in [0.2, 0.25) is 0 Å². The minimum Gasteiger partial charge on any atom is -0.312 e. The zero-order valence-electron chi connectivity index (χ0n) is 21.2. The van der Waals surface area contributed by atoms with Crippen molar-refractivity contribution in [2.45, 2.75) is 183 Å². The highest BCUT2D eigenvalue weighted by atomic mass is 15.0. The summed E-state index contributed by atoms with van der Waals surface area (Å²) in [5.41, 5.74) is 0. The second-order valence-corrected chi connectivity index (χ2v) is 12.6. The van der Waals surface area contributed by atoms with Gasteiger partial charge in [-0.25, -0.2) is 0 Å². The Morgan fingerprint density at radius 1 is 0.344 bits per heavy atom. The molecule has 0 amide bonds. The molecule has 32 heavy (non-hydrogen) atoms. The molecule has 0 aromatic rings. The second-order valence-electron chi connectivity index (χ2n) is 12.6. The van der Waals surface area contributed by atoms with Crippen LogP contribution >= 0.6 is 0 Å². The van der Waals surface area contributed by atoms with E-state index >= 15 is 0 Å². The van der Waals surface area contributed by atoms with Crippen molar-refractivity contribution in [3.63, 3.8) is 0 Å². The standard InChI is InChI=1S/C29H53BN2/c1-2-8-16-22-28-29-27(21-15-7-1)31-25-19-13-9-3-5-11-17-23(25)30(29)24-18-12-6-4-10-14-20-26(24)32-28/h23-29,31-32H,1-22H2. The molecule has 2 aliphatic heterocycles. The lowest BCUT2D eigenvalue weighted by atomic mass is 9.20. The van der Waals surface area contributed by atoms with Crippen LogP contribution in [-0.2, 0) is 0 Å². The van der Waals surface area contributed by atoms with Gasteiger partial charge in [-0.1, -0.05) is 116 Å². The molecular formula is C29H53BN2. The fraction of sp³-hybridized carbons (Fsp3) is 1.00. The van der Waals surface area contributed by atoms with Crippen molar-refractivity contribution in [2.75, 3.05) is 0 Å². The lowest BCUT2D eigenvalue weighted by molar-refractivity contribution is 0.228. The highest BCUT2D eigenvalue weighted by Gasteiger charge is 2.55. The molecule has 2 heterocycles. The van der Waals surface area contributed by atoms with Crippen molar-refractivity contribution in [3.8, 4) is 0 Å². The molecule has 6 atom stereocenters. The monoisotopic (exact) mass is 440 g/mol. The summed E-state index contributed by atoms with van der Waals surface area (Å²) in [6.45, 7) is 1.01. The predicted molar refractivity (Wildman–Crippen MR) is 140 cm³/mol. The third-order valence-corrected chi connectivity index (χ3v) is 10.6. The minimum atomic E-state index is 0.797. The van der Waals surface area contributed by atoms with Crippen molar-refractivity contribution in [2.24, 2.45) is 0 Å². The summed E-state index contributed by atoms with van der Waals surface area (Å²) in [7, 11) is 0. The Hall–Kier alpha value is -0.0151. The molecule has 3 aliphatic carbocycles. The van der Waals surface area contributed by atoms with Crippen LogP contribution < -0.4 is 10.6 Å². The van der Waals surface area contributed by atoms with Gasteiger partial charge in [0.25, 0.3) is 0 Å². The van der Waals surface area contributed by atoms with Gasteiger partial charge in [0.05, 0.1) is 0 Å². The zero-order valence-corrected chi connectivity index (χ0v) is 21.2. The number of hydrogen-bond acceptors (Lipinski definition) is 2. The maximum Gasteiger partial charge on any atom is 0.156 e. The van der Waals surface area contributed by atoms with Crippen LogP contribution in [0.1, 0.15) is 141 Å². The average Bonchev–Trinajstić information content (AvgIpc) is 2.97. The highest BCUT2D eigenvalue weighted by molar-refractivity contribution is 6.65. The maximum atomic E-state index is 4.41. The van der Waals surface area contributed by atoms with Crippen molar-refractivity contribution < 1.29 is 0 Å². The Labute approximate surface area is 200 Å². The predicted octanol–water partition coefficient (Wildman–Crippen LogP) is 7.90. The Kier molecular flexibility index (Phi) is 8.97. The van der Waals surface area contributed by atoms with Gasteiger partial charge in [-0.15, -0.1) is 0 Å². The van der Waals surface area contributed by atoms with Gasteiger partial charge >= 0.3 is 0 Å². The Balaban J connectivity index is 1.48. The van der Waals surface area contributed by atoms with Gasteiger partial charge in [-0.2, -0.15) is 0 Å². The van der Waals surface area contributed by atoms with Crippen molar-refractivity contribution in [1.82, 2.24) is 10.6 Å². The molecule has 182 valence electrons. The lowest BCUT2D eigenvalue weighted by Gasteiger charge is -2.58. The molecule has 5 fully saturated rings. The molecule has 2 nitrogen and oxygen atoms in total. The van der Waals surface area contributed by atoms with Gasteiger partial charge < -0.3 is 10.6 Å². The van der Waals surface area contributed by atoms with E-state index in [1.165, 1.54) is 141 Å². The van der Waals surface area contributed by atoms with Crippen LogP contribution in [0.25, 0.3) is 0 Å². The quantitative estimate of drug-likeness (QED) is 0.374. The normalized spacial score (nSPS) is 42.8. The summed E-state index contributed by atoms with van der Waals surface area (Å²) in [5.74, 6) is 2.85. The van der Waals surface area contributed by atoms with E-state index in [1.807, 2.05) is 0 Å². The average molecular weight is 441 g/mol. The van der Waals surface area contributed by atoms with E-state index in [0.29, 0.717) is 0 Å². The van der Waals surface area contributed by atoms with Crippen molar-refractivity contribution >= 4 is 6.71 Å². The summed E-state index contributed by atoms with van der Waals surface area (Å²) in [6.07, 6.45) is 32.7. The molecular weight excluding hydrogens is 387 g/mol. The smallest absolute Gasteiger partial charge is 0.156 e. The molecule has 3 saturated carbocycles. The van der Waals surface area contributed by atoms with E-state index in [0.717, 1.165) is 48.3 Å². The van der Waals surface area contributed by atoms with Crippen LogP contribution in [0.2, 0.25) is 17.5 Å². The van der Waals surface area contributed by atoms with E-state index in [1.54, 1.807) is 0 Å². The minimum absolute atomic E-state index is 0.797. The van der Waals surface area contributed by atoms with Crippen LogP contribution in [0.15, 0.2) is 0 Å². The first-order valence-electron chi connectivity index (χ1n) is 15.4. The fourth-order valence-corrected chi connectivity index (χ4v) is 9.18. The third-order valence-electron chi connectivity index (χ3n) is 10.6. The number of hydrogen-bond donors (Lipinski definition) is 2. The zero-order chi connectivity index (χ0) is 21.6. The van der Waals surface area contributed by atoms with Crippen LogP contribution in [0.3, 0.4) is 0 Å². The molecule has 5 rings (SSSR count). The molecule has 0 aromatic carbocycles. The molecule has 5 aliphatic rings. The van der Waals surface area contributed by atoms with E-state index in [-0.39, 0.29) is 0 Å². The summed E-state index contributed by atoms with van der Waals surface area (Å²) in [5, 5.41) is 8.83. The number of rotatable bonds is 0. The molecule has 3 heteroatoms. The van der Waals surface area contributed by atoms with Crippen molar-refractivity contribution in [1.29, 1.82) is 0 Å². The van der Waals surface area contributed by atoms with Gasteiger partial charge in [0.1, 0.15) is 0 Å². The van der Waals surface area contributed by atoms with Crippen LogP contribution in [0, 0.1) is 0 Å². The topological polar surface area (TPSA) is 24.1 Å². The molecule has 2 N–H and O–H groups in total. The SMILES string of the molecule is C1CCCCC2NC3CCCCCCCC3B3C4CCCCCCCC4NC(CCC1)C32. The molecule has 0 bridgehead atoms. The van der Waals surface area contributed by atoms with Gasteiger partial charge in [0, 0.05) is 24.2 Å². The van der Waals surface area contributed by atoms with E-state index < -0.39 is 0 Å². The largest absolute Gasteiger partial charge is 0.312 e. The molecule has 0 aromatic heterocycles. The third kappa shape index (κ3) is 5.61. The van der Waals surface area contributed by atoms with Crippen molar-refractivity contribution in [3.05, 3.63) is 0 Å². The lowest BCUT2D eigenvalue weighted by Crippen LogP contribution is -2.68. The van der Waals surface area contributed by atoms with Crippen LogP contribution in [-0.4, -0.2) is 30.9 Å². The number of fused-ring (bicyclic) bond motifs is 4. The van der Waals surface area contributed by atoms with E-state index in [4.69, 9.17) is 0 Å². The Morgan fingerprint density at radius 3 is 1.06 bits per heavy atom. The van der Waals surface area contributed by atoms with Crippen LogP contribution in [0.4, 0.5) is 0 Å². The Morgan fingerprint density at radius 2 is 0.656 bits per heavy atom. The van der Waals surface area contributed by atoms with Gasteiger partial charge in [-0.05, 0) is 43.1 Å². The molecule has 0 spiro atoms. The Bertz CT molecular complexity index is 507. The molecule has 2 saturated heterocycles.